The van der Waals surface area contributed by atoms with Crippen molar-refractivity contribution < 1.29 is 37.0 Å². The lowest BCUT2D eigenvalue weighted by molar-refractivity contribution is -0.192. The summed E-state index contributed by atoms with van der Waals surface area (Å²) in [5.41, 5.74) is 1.65. The number of amides is 1. The molecule has 1 aliphatic heterocycles. The van der Waals surface area contributed by atoms with E-state index in [2.05, 4.69) is 28.4 Å². The zero-order valence-corrected chi connectivity index (χ0v) is 17.3. The van der Waals surface area contributed by atoms with Crippen LogP contribution in [0.3, 0.4) is 0 Å². The van der Waals surface area contributed by atoms with Gasteiger partial charge >= 0.3 is 18.2 Å². The Labute approximate surface area is 177 Å². The van der Waals surface area contributed by atoms with Crippen LogP contribution < -0.4 is 5.32 Å². The third-order valence-corrected chi connectivity index (χ3v) is 5.57. The van der Waals surface area contributed by atoms with Gasteiger partial charge in [-0.3, -0.25) is 9.58 Å². The van der Waals surface area contributed by atoms with Gasteiger partial charge in [0.15, 0.2) is 0 Å². The van der Waals surface area contributed by atoms with Crippen LogP contribution in [0.25, 0.3) is 0 Å². The minimum atomic E-state index is -5.08. The molecule has 0 atom stereocenters. The summed E-state index contributed by atoms with van der Waals surface area (Å²) in [5, 5.41) is 14.3. The first-order chi connectivity index (χ1) is 14.6. The summed E-state index contributed by atoms with van der Waals surface area (Å²) in [6, 6.07) is 0.187. The van der Waals surface area contributed by atoms with E-state index in [1.54, 1.807) is 0 Å². The Kier molecular flexibility index (Phi) is 8.66. The van der Waals surface area contributed by atoms with Crippen LogP contribution in [-0.2, 0) is 22.6 Å². The average Bonchev–Trinajstić information content (AvgIpc) is 3.14. The number of alkyl halides is 4. The molecule has 1 spiro atoms. The molecule has 31 heavy (non-hydrogen) atoms. The van der Waals surface area contributed by atoms with E-state index in [9.17, 15) is 22.4 Å². The number of likely N-dealkylation sites (tertiary alicyclic amines) is 1. The first kappa shape index (κ1) is 24.9. The van der Waals surface area contributed by atoms with E-state index >= 15 is 0 Å². The van der Waals surface area contributed by atoms with Crippen LogP contribution in [0.5, 0.6) is 0 Å². The molecular weight excluding hydrogens is 424 g/mol. The van der Waals surface area contributed by atoms with Crippen molar-refractivity contribution >= 4 is 12.1 Å². The molecule has 1 saturated heterocycles. The van der Waals surface area contributed by atoms with E-state index in [0.29, 0.717) is 5.41 Å². The lowest BCUT2D eigenvalue weighted by atomic mass is 9.60. The standard InChI is InChI=1S/C17H27FN4O2.C2HF3O2/c1-2-22-13-14(11-19-22)12-21-6-3-17(4-7-21)9-15(10-17)20-16(23)24-8-5-18;3-2(4,5)1(6)7/h11,13,15H,2-10,12H2,1H3,(H,20,23);(H,6,7). The number of aryl methyl sites for hydroxylation is 1. The van der Waals surface area contributed by atoms with Crippen molar-refractivity contribution in [3.8, 4) is 0 Å². The number of nitrogens with one attached hydrogen (secondary N) is 1. The van der Waals surface area contributed by atoms with Crippen molar-refractivity contribution in [2.75, 3.05) is 26.4 Å². The highest BCUT2D eigenvalue weighted by Crippen LogP contribution is 2.49. The van der Waals surface area contributed by atoms with E-state index in [1.165, 1.54) is 18.4 Å². The van der Waals surface area contributed by atoms with E-state index in [1.807, 2.05) is 10.9 Å². The van der Waals surface area contributed by atoms with Gasteiger partial charge in [0.2, 0.25) is 0 Å². The lowest BCUT2D eigenvalue weighted by Crippen LogP contribution is -2.54. The molecule has 12 heteroatoms. The number of carboxylic acids is 1. The topological polar surface area (TPSA) is 96.7 Å². The quantitative estimate of drug-likeness (QED) is 0.645. The molecular formula is C19H28F4N4O4. The van der Waals surface area contributed by atoms with Crippen LogP contribution in [-0.4, -0.2) is 70.4 Å². The van der Waals surface area contributed by atoms with Gasteiger partial charge in [0.05, 0.1) is 6.20 Å². The molecule has 0 aromatic carbocycles. The number of halogens is 4. The van der Waals surface area contributed by atoms with Crippen molar-refractivity contribution in [3.05, 3.63) is 18.0 Å². The van der Waals surface area contributed by atoms with Crippen LogP contribution >= 0.6 is 0 Å². The molecule has 0 bridgehead atoms. The Morgan fingerprint density at radius 1 is 1.32 bits per heavy atom. The molecule has 2 N–H and O–H groups in total. The minimum Gasteiger partial charge on any atom is -0.475 e. The number of ether oxygens (including phenoxy) is 1. The number of rotatable bonds is 6. The zero-order valence-electron chi connectivity index (χ0n) is 17.3. The molecule has 1 amide bonds. The molecule has 3 rings (SSSR count). The second kappa shape index (κ2) is 10.8. The fourth-order valence-electron chi connectivity index (χ4n) is 3.94. The number of hydrogen-bond donors (Lipinski definition) is 2. The summed E-state index contributed by atoms with van der Waals surface area (Å²) in [6.07, 6.45) is 2.88. The average molecular weight is 452 g/mol. The zero-order chi connectivity index (χ0) is 23.1. The number of aromatic nitrogens is 2. The van der Waals surface area contributed by atoms with Crippen molar-refractivity contribution in [2.24, 2.45) is 5.41 Å². The molecule has 1 aromatic rings. The van der Waals surface area contributed by atoms with Crippen LogP contribution in [0, 0.1) is 5.41 Å². The molecule has 2 aliphatic rings. The van der Waals surface area contributed by atoms with Crippen molar-refractivity contribution in [1.82, 2.24) is 20.0 Å². The summed E-state index contributed by atoms with van der Waals surface area (Å²) in [6.45, 7) is 5.36. The first-order valence-corrected chi connectivity index (χ1v) is 10.1. The van der Waals surface area contributed by atoms with Gasteiger partial charge in [-0.05, 0) is 51.1 Å². The molecule has 0 unspecified atom stereocenters. The normalized spacial score (nSPS) is 18.6. The summed E-state index contributed by atoms with van der Waals surface area (Å²) in [7, 11) is 0. The maximum atomic E-state index is 12.0. The van der Waals surface area contributed by atoms with E-state index < -0.39 is 24.9 Å². The monoisotopic (exact) mass is 452 g/mol. The Bertz CT molecular complexity index is 725. The van der Waals surface area contributed by atoms with Crippen LogP contribution in [0.15, 0.2) is 12.4 Å². The number of carbonyl (C=O) groups is 2. The fraction of sp³-hybridized carbons (Fsp3) is 0.737. The van der Waals surface area contributed by atoms with Crippen LogP contribution in [0.4, 0.5) is 22.4 Å². The summed E-state index contributed by atoms with van der Waals surface area (Å²) >= 11 is 0. The van der Waals surface area contributed by atoms with Gasteiger partial charge in [-0.1, -0.05) is 0 Å². The van der Waals surface area contributed by atoms with Gasteiger partial charge in [0.25, 0.3) is 0 Å². The number of carbonyl (C=O) groups excluding carboxylic acids is 1. The smallest absolute Gasteiger partial charge is 0.475 e. The molecule has 2 heterocycles. The van der Waals surface area contributed by atoms with Crippen molar-refractivity contribution in [2.45, 2.75) is 57.9 Å². The van der Waals surface area contributed by atoms with Gasteiger partial charge in [-0.25, -0.2) is 14.0 Å². The lowest BCUT2D eigenvalue weighted by Gasteiger charge is -2.52. The van der Waals surface area contributed by atoms with Crippen molar-refractivity contribution in [3.63, 3.8) is 0 Å². The van der Waals surface area contributed by atoms with E-state index in [4.69, 9.17) is 14.6 Å². The number of piperidine rings is 1. The summed E-state index contributed by atoms with van der Waals surface area (Å²) in [5.74, 6) is -2.76. The second-order valence-corrected chi connectivity index (χ2v) is 7.86. The second-order valence-electron chi connectivity index (χ2n) is 7.86. The fourth-order valence-corrected chi connectivity index (χ4v) is 3.94. The maximum absolute atomic E-state index is 12.0. The van der Waals surface area contributed by atoms with Gasteiger partial charge in [-0.2, -0.15) is 18.3 Å². The SMILES string of the molecule is CCn1cc(CN2CCC3(CC2)CC(NC(=O)OCCF)C3)cn1.O=C(O)C(F)(F)F. The van der Waals surface area contributed by atoms with E-state index in [0.717, 1.165) is 39.0 Å². The summed E-state index contributed by atoms with van der Waals surface area (Å²) in [4.78, 5) is 22.8. The highest BCUT2D eigenvalue weighted by molar-refractivity contribution is 5.73. The number of aliphatic carboxylic acids is 1. The Hall–Kier alpha value is -2.37. The van der Waals surface area contributed by atoms with Crippen molar-refractivity contribution in [1.29, 1.82) is 0 Å². The molecule has 176 valence electrons. The Morgan fingerprint density at radius 2 is 1.94 bits per heavy atom. The Balaban J connectivity index is 0.000000423. The van der Waals surface area contributed by atoms with Gasteiger partial charge in [0.1, 0.15) is 13.3 Å². The minimum absolute atomic E-state index is 0.159. The molecule has 1 saturated carbocycles. The number of alkyl carbamates (subject to hydrolysis) is 1. The van der Waals surface area contributed by atoms with Crippen LogP contribution in [0.2, 0.25) is 0 Å². The molecule has 1 aliphatic carbocycles. The highest BCUT2D eigenvalue weighted by Gasteiger charge is 2.46. The summed E-state index contributed by atoms with van der Waals surface area (Å²) < 4.78 is 50.4. The van der Waals surface area contributed by atoms with E-state index in [-0.39, 0.29) is 12.6 Å². The number of nitrogens with zero attached hydrogens (tertiary/aromatic N) is 3. The predicted octanol–water partition coefficient (Wildman–Crippen LogP) is 2.98. The van der Waals surface area contributed by atoms with Gasteiger partial charge in [-0.15, -0.1) is 0 Å². The number of hydrogen-bond acceptors (Lipinski definition) is 5. The van der Waals surface area contributed by atoms with Crippen LogP contribution in [0.1, 0.15) is 38.2 Å². The van der Waals surface area contributed by atoms with Gasteiger partial charge in [0, 0.05) is 30.9 Å². The molecule has 1 aromatic heterocycles. The number of carboxylic acid groups (broad SMARTS) is 1. The first-order valence-electron chi connectivity index (χ1n) is 10.1. The highest BCUT2D eigenvalue weighted by atomic mass is 19.4. The largest absolute Gasteiger partial charge is 0.490 e. The third kappa shape index (κ3) is 7.67. The predicted molar refractivity (Wildman–Crippen MR) is 102 cm³/mol. The maximum Gasteiger partial charge on any atom is 0.490 e. The Morgan fingerprint density at radius 3 is 2.42 bits per heavy atom. The molecule has 8 nitrogen and oxygen atoms in total. The van der Waals surface area contributed by atoms with Gasteiger partial charge < -0.3 is 15.2 Å². The molecule has 2 fully saturated rings. The third-order valence-electron chi connectivity index (χ3n) is 5.57. The molecule has 0 radical (unpaired) electrons.